The second-order valence-corrected chi connectivity index (χ2v) is 5.02. The normalized spacial score (nSPS) is 12.1. The van der Waals surface area contributed by atoms with E-state index in [1.165, 1.54) is 11.1 Å². The van der Waals surface area contributed by atoms with Gasteiger partial charge in [0, 0.05) is 25.0 Å². The second kappa shape index (κ2) is 7.65. The monoisotopic (exact) mass is 270 g/mol. The summed E-state index contributed by atoms with van der Waals surface area (Å²) in [5.41, 5.74) is 2.62. The third-order valence-corrected chi connectivity index (χ3v) is 3.43. The molecule has 0 spiro atoms. The van der Waals surface area contributed by atoms with Crippen LogP contribution in [0.15, 0.2) is 48.8 Å². The third-order valence-electron chi connectivity index (χ3n) is 3.43. The van der Waals surface area contributed by atoms with Crippen LogP contribution in [0.5, 0.6) is 5.75 Å². The molecule has 20 heavy (non-hydrogen) atoms. The second-order valence-electron chi connectivity index (χ2n) is 5.02. The van der Waals surface area contributed by atoms with Gasteiger partial charge >= 0.3 is 0 Å². The van der Waals surface area contributed by atoms with Crippen molar-refractivity contribution < 1.29 is 4.74 Å². The van der Waals surface area contributed by atoms with Gasteiger partial charge in [-0.05, 0) is 55.2 Å². The lowest BCUT2D eigenvalue weighted by Gasteiger charge is -2.14. The number of nitrogens with one attached hydrogen (secondary N) is 1. The standard InChI is InChI=1S/C17H22N2O/c1-14(19-13-16-9-11-18-12-10-16)3-4-15-5-7-17(20-2)8-6-15/h5-12,14,19H,3-4,13H2,1-2H3. The molecule has 1 aromatic carbocycles. The molecule has 3 nitrogen and oxygen atoms in total. The number of pyridine rings is 1. The molecule has 1 atom stereocenters. The first-order chi connectivity index (χ1) is 9.78. The molecular weight excluding hydrogens is 248 g/mol. The first-order valence-electron chi connectivity index (χ1n) is 7.03. The van der Waals surface area contributed by atoms with Crippen LogP contribution < -0.4 is 10.1 Å². The summed E-state index contributed by atoms with van der Waals surface area (Å²) in [4.78, 5) is 4.02. The van der Waals surface area contributed by atoms with Crippen molar-refractivity contribution in [2.24, 2.45) is 0 Å². The molecule has 1 aromatic heterocycles. The Morgan fingerprint density at radius 2 is 1.75 bits per heavy atom. The van der Waals surface area contributed by atoms with E-state index in [1.807, 2.05) is 36.7 Å². The maximum Gasteiger partial charge on any atom is 0.118 e. The number of aryl methyl sites for hydroxylation is 1. The fourth-order valence-electron chi connectivity index (χ4n) is 2.07. The van der Waals surface area contributed by atoms with Gasteiger partial charge in [-0.25, -0.2) is 0 Å². The number of methoxy groups -OCH3 is 1. The van der Waals surface area contributed by atoms with Crippen molar-refractivity contribution in [3.8, 4) is 5.75 Å². The number of benzene rings is 1. The summed E-state index contributed by atoms with van der Waals surface area (Å²) in [6.07, 6.45) is 5.87. The molecular formula is C17H22N2O. The van der Waals surface area contributed by atoms with E-state index in [0.717, 1.165) is 25.1 Å². The molecule has 2 aromatic rings. The molecule has 0 aliphatic heterocycles. The Kier molecular flexibility index (Phi) is 5.56. The van der Waals surface area contributed by atoms with Crippen molar-refractivity contribution in [2.75, 3.05) is 7.11 Å². The molecule has 0 saturated carbocycles. The third kappa shape index (κ3) is 4.67. The summed E-state index contributed by atoms with van der Waals surface area (Å²) in [5.74, 6) is 0.914. The van der Waals surface area contributed by atoms with Gasteiger partial charge in [-0.2, -0.15) is 0 Å². The van der Waals surface area contributed by atoms with Crippen LogP contribution in [-0.4, -0.2) is 18.1 Å². The van der Waals surface area contributed by atoms with Crippen molar-refractivity contribution in [3.63, 3.8) is 0 Å². The topological polar surface area (TPSA) is 34.1 Å². The van der Waals surface area contributed by atoms with Crippen molar-refractivity contribution in [2.45, 2.75) is 32.4 Å². The smallest absolute Gasteiger partial charge is 0.118 e. The van der Waals surface area contributed by atoms with Gasteiger partial charge in [-0.3, -0.25) is 4.98 Å². The highest BCUT2D eigenvalue weighted by Crippen LogP contribution is 2.13. The molecule has 0 aliphatic rings. The molecule has 106 valence electrons. The highest BCUT2D eigenvalue weighted by molar-refractivity contribution is 5.27. The molecule has 2 rings (SSSR count). The molecule has 0 radical (unpaired) electrons. The fourth-order valence-corrected chi connectivity index (χ4v) is 2.07. The first kappa shape index (κ1) is 14.5. The van der Waals surface area contributed by atoms with Gasteiger partial charge in [-0.15, -0.1) is 0 Å². The summed E-state index contributed by atoms with van der Waals surface area (Å²) in [7, 11) is 1.69. The van der Waals surface area contributed by atoms with E-state index in [-0.39, 0.29) is 0 Å². The number of rotatable bonds is 7. The highest BCUT2D eigenvalue weighted by atomic mass is 16.5. The lowest BCUT2D eigenvalue weighted by molar-refractivity contribution is 0.414. The van der Waals surface area contributed by atoms with Crippen molar-refractivity contribution in [1.82, 2.24) is 10.3 Å². The molecule has 0 saturated heterocycles. The summed E-state index contributed by atoms with van der Waals surface area (Å²) in [6, 6.07) is 12.9. The quantitative estimate of drug-likeness (QED) is 0.839. The van der Waals surface area contributed by atoms with Gasteiger partial charge in [0.1, 0.15) is 5.75 Å². The lowest BCUT2D eigenvalue weighted by atomic mass is 10.1. The Hall–Kier alpha value is -1.87. The average molecular weight is 270 g/mol. The maximum atomic E-state index is 5.16. The van der Waals surface area contributed by atoms with E-state index in [0.29, 0.717) is 6.04 Å². The summed E-state index contributed by atoms with van der Waals surface area (Å²) >= 11 is 0. The number of aromatic nitrogens is 1. The van der Waals surface area contributed by atoms with Gasteiger partial charge in [0.05, 0.1) is 7.11 Å². The first-order valence-corrected chi connectivity index (χ1v) is 7.03. The van der Waals surface area contributed by atoms with E-state index in [9.17, 15) is 0 Å². The zero-order chi connectivity index (χ0) is 14.2. The molecule has 0 bridgehead atoms. The zero-order valence-electron chi connectivity index (χ0n) is 12.2. The summed E-state index contributed by atoms with van der Waals surface area (Å²) in [5, 5.41) is 3.54. The Morgan fingerprint density at radius 3 is 2.40 bits per heavy atom. The van der Waals surface area contributed by atoms with Crippen LogP contribution in [0.25, 0.3) is 0 Å². The minimum atomic E-state index is 0.491. The van der Waals surface area contributed by atoms with Gasteiger partial charge in [-0.1, -0.05) is 12.1 Å². The van der Waals surface area contributed by atoms with E-state index in [2.05, 4.69) is 29.4 Å². The Balaban J connectivity index is 1.73. The molecule has 0 aliphatic carbocycles. The van der Waals surface area contributed by atoms with Crippen LogP contribution in [0.3, 0.4) is 0 Å². The predicted molar refractivity (Wildman–Crippen MR) is 81.9 cm³/mol. The van der Waals surface area contributed by atoms with E-state index >= 15 is 0 Å². The van der Waals surface area contributed by atoms with Crippen LogP contribution in [0.1, 0.15) is 24.5 Å². The summed E-state index contributed by atoms with van der Waals surface area (Å²) in [6.45, 7) is 3.12. The Morgan fingerprint density at radius 1 is 1.05 bits per heavy atom. The number of nitrogens with zero attached hydrogens (tertiary/aromatic N) is 1. The molecule has 0 fully saturated rings. The Bertz CT molecular complexity index is 496. The predicted octanol–water partition coefficient (Wildman–Crippen LogP) is 3.20. The minimum absolute atomic E-state index is 0.491. The van der Waals surface area contributed by atoms with Gasteiger partial charge in [0.2, 0.25) is 0 Å². The highest BCUT2D eigenvalue weighted by Gasteiger charge is 2.03. The molecule has 1 unspecified atom stereocenters. The van der Waals surface area contributed by atoms with Gasteiger partial charge in [0.15, 0.2) is 0 Å². The summed E-state index contributed by atoms with van der Waals surface area (Å²) < 4.78 is 5.16. The van der Waals surface area contributed by atoms with E-state index in [4.69, 9.17) is 4.74 Å². The minimum Gasteiger partial charge on any atom is -0.497 e. The van der Waals surface area contributed by atoms with Gasteiger partial charge < -0.3 is 10.1 Å². The average Bonchev–Trinajstić information content (AvgIpc) is 2.52. The van der Waals surface area contributed by atoms with E-state index in [1.54, 1.807) is 7.11 Å². The SMILES string of the molecule is COc1ccc(CCC(C)NCc2ccncc2)cc1. The van der Waals surface area contributed by atoms with E-state index < -0.39 is 0 Å². The number of hydrogen-bond donors (Lipinski definition) is 1. The maximum absolute atomic E-state index is 5.16. The van der Waals surface area contributed by atoms with Crippen LogP contribution in [0.4, 0.5) is 0 Å². The largest absolute Gasteiger partial charge is 0.497 e. The van der Waals surface area contributed by atoms with Crippen LogP contribution >= 0.6 is 0 Å². The van der Waals surface area contributed by atoms with Crippen molar-refractivity contribution >= 4 is 0 Å². The van der Waals surface area contributed by atoms with Crippen LogP contribution in [0.2, 0.25) is 0 Å². The number of ether oxygens (including phenoxy) is 1. The molecule has 1 N–H and O–H groups in total. The molecule has 1 heterocycles. The van der Waals surface area contributed by atoms with Crippen molar-refractivity contribution in [3.05, 3.63) is 59.9 Å². The van der Waals surface area contributed by atoms with Crippen molar-refractivity contribution in [1.29, 1.82) is 0 Å². The molecule has 0 amide bonds. The molecule has 3 heteroatoms. The Labute approximate surface area is 121 Å². The zero-order valence-corrected chi connectivity index (χ0v) is 12.2. The van der Waals surface area contributed by atoms with Crippen LogP contribution in [-0.2, 0) is 13.0 Å². The van der Waals surface area contributed by atoms with Gasteiger partial charge in [0.25, 0.3) is 0 Å². The van der Waals surface area contributed by atoms with Crippen LogP contribution in [0, 0.1) is 0 Å². The number of hydrogen-bond acceptors (Lipinski definition) is 3. The lowest BCUT2D eigenvalue weighted by Crippen LogP contribution is -2.25. The fraction of sp³-hybridized carbons (Fsp3) is 0.353.